The SMILES string of the molecule is CCCCCCCCc1ccccc1OCC(OCC)(OCC)S(=O)(=O)O.[Na+]. The Morgan fingerprint density at radius 2 is 1.50 bits per heavy atom. The van der Waals surface area contributed by atoms with Gasteiger partial charge < -0.3 is 14.2 Å². The minimum atomic E-state index is -4.63. The summed E-state index contributed by atoms with van der Waals surface area (Å²) in [6, 6.07) is 7.52. The maximum atomic E-state index is 11.9. The number of ether oxygens (including phenoxy) is 3. The molecule has 0 heterocycles. The molecule has 0 saturated heterocycles. The fourth-order valence-corrected chi connectivity index (χ4v) is 3.64. The number of unbranched alkanes of at least 4 members (excludes halogenated alkanes) is 5. The van der Waals surface area contributed by atoms with E-state index in [1.807, 2.05) is 18.2 Å². The van der Waals surface area contributed by atoms with Crippen LogP contribution in [-0.4, -0.2) is 37.9 Å². The topological polar surface area (TPSA) is 82.1 Å². The summed E-state index contributed by atoms with van der Waals surface area (Å²) in [5, 5.41) is -2.22. The molecule has 0 aliphatic carbocycles. The van der Waals surface area contributed by atoms with Gasteiger partial charge >= 0.3 is 44.8 Å². The van der Waals surface area contributed by atoms with E-state index in [1.165, 1.54) is 25.7 Å². The first-order chi connectivity index (χ1) is 12.9. The fourth-order valence-electron chi connectivity index (χ4n) is 2.90. The predicted octanol–water partition coefficient (Wildman–Crippen LogP) is 1.59. The van der Waals surface area contributed by atoms with E-state index in [0.29, 0.717) is 5.75 Å². The number of benzene rings is 1. The summed E-state index contributed by atoms with van der Waals surface area (Å²) in [5.74, 6) is 0.582. The smallest absolute Gasteiger partial charge is 0.486 e. The molecule has 156 valence electrons. The molecule has 0 spiro atoms. The quantitative estimate of drug-likeness (QED) is 0.199. The molecule has 6 nitrogen and oxygen atoms in total. The van der Waals surface area contributed by atoms with E-state index in [0.717, 1.165) is 24.8 Å². The molecular weight excluding hydrogens is 391 g/mol. The van der Waals surface area contributed by atoms with E-state index < -0.39 is 21.8 Å². The summed E-state index contributed by atoms with van der Waals surface area (Å²) >= 11 is 0. The first kappa shape index (κ1) is 27.8. The van der Waals surface area contributed by atoms with Crippen LogP contribution in [0.2, 0.25) is 0 Å². The molecule has 8 heteroatoms. The molecule has 1 rings (SSSR count). The Balaban J connectivity index is 0.00000729. The number of para-hydroxylation sites is 1. The van der Waals surface area contributed by atoms with E-state index in [9.17, 15) is 13.0 Å². The van der Waals surface area contributed by atoms with Gasteiger partial charge in [0, 0.05) is 13.2 Å². The van der Waals surface area contributed by atoms with Crippen LogP contribution in [0.15, 0.2) is 24.3 Å². The van der Waals surface area contributed by atoms with E-state index in [2.05, 4.69) is 6.92 Å². The van der Waals surface area contributed by atoms with Crippen molar-refractivity contribution in [3.63, 3.8) is 0 Å². The van der Waals surface area contributed by atoms with Crippen molar-refractivity contribution in [3.8, 4) is 5.75 Å². The Morgan fingerprint density at radius 1 is 0.929 bits per heavy atom. The Morgan fingerprint density at radius 3 is 2.07 bits per heavy atom. The van der Waals surface area contributed by atoms with Crippen LogP contribution in [0.3, 0.4) is 0 Å². The summed E-state index contributed by atoms with van der Waals surface area (Å²) in [6.07, 6.45) is 8.03. The summed E-state index contributed by atoms with van der Waals surface area (Å²) in [5.41, 5.74) is 1.00. The van der Waals surface area contributed by atoms with Crippen molar-refractivity contribution in [1.82, 2.24) is 0 Å². The van der Waals surface area contributed by atoms with Gasteiger partial charge in [-0.15, -0.1) is 0 Å². The molecule has 1 N–H and O–H groups in total. The summed E-state index contributed by atoms with van der Waals surface area (Å²) in [6.45, 7) is 5.13. The van der Waals surface area contributed by atoms with Crippen molar-refractivity contribution < 1.29 is 56.7 Å². The third-order valence-electron chi connectivity index (χ3n) is 4.30. The molecule has 1 aromatic rings. The van der Waals surface area contributed by atoms with Crippen LogP contribution in [0.4, 0.5) is 0 Å². The van der Waals surface area contributed by atoms with Gasteiger partial charge in [-0.1, -0.05) is 57.2 Å². The van der Waals surface area contributed by atoms with Gasteiger partial charge in [-0.25, -0.2) is 0 Å². The van der Waals surface area contributed by atoms with Crippen molar-refractivity contribution in [3.05, 3.63) is 29.8 Å². The molecule has 28 heavy (non-hydrogen) atoms. The molecule has 0 radical (unpaired) electrons. The van der Waals surface area contributed by atoms with E-state index in [4.69, 9.17) is 14.2 Å². The van der Waals surface area contributed by atoms with Crippen LogP contribution >= 0.6 is 0 Å². The maximum absolute atomic E-state index is 11.9. The largest absolute Gasteiger partial charge is 1.00 e. The number of rotatable bonds is 15. The molecule has 0 amide bonds. The molecule has 1 aromatic carbocycles. The van der Waals surface area contributed by atoms with Crippen molar-refractivity contribution in [2.75, 3.05) is 19.8 Å². The van der Waals surface area contributed by atoms with E-state index in [-0.39, 0.29) is 42.8 Å². The zero-order chi connectivity index (χ0) is 20.2. The first-order valence-electron chi connectivity index (χ1n) is 9.85. The predicted molar refractivity (Wildman–Crippen MR) is 107 cm³/mol. The molecule has 0 aliphatic heterocycles. The second-order valence-electron chi connectivity index (χ2n) is 6.44. The van der Waals surface area contributed by atoms with Gasteiger partial charge in [0.2, 0.25) is 0 Å². The van der Waals surface area contributed by atoms with Gasteiger partial charge in [0.05, 0.1) is 0 Å². The molecule has 0 aromatic heterocycles. The standard InChI is InChI=1S/C20H34O6S.Na/c1-4-7-8-9-10-11-14-18-15-12-13-16-19(18)24-17-20(25-5-2,26-6-3)27(21,22)23;/h12-13,15-16H,4-11,14,17H2,1-3H3,(H,21,22,23);/q;+1. The van der Waals surface area contributed by atoms with Crippen LogP contribution in [0, 0.1) is 0 Å². The minimum Gasteiger partial charge on any atom is -0.486 e. The van der Waals surface area contributed by atoms with Gasteiger partial charge in [0.1, 0.15) is 5.75 Å². The van der Waals surface area contributed by atoms with E-state index >= 15 is 0 Å². The molecule has 0 bridgehead atoms. The summed E-state index contributed by atoms with van der Waals surface area (Å²) in [4.78, 5) is 0. The van der Waals surface area contributed by atoms with Crippen LogP contribution in [0.5, 0.6) is 5.75 Å². The van der Waals surface area contributed by atoms with Gasteiger partial charge in [0.15, 0.2) is 6.61 Å². The Labute approximate surface area is 192 Å². The van der Waals surface area contributed by atoms with Crippen molar-refractivity contribution >= 4 is 10.1 Å². The van der Waals surface area contributed by atoms with Crippen molar-refractivity contribution in [2.45, 2.75) is 70.8 Å². The van der Waals surface area contributed by atoms with Crippen LogP contribution in [-0.2, 0) is 26.0 Å². The monoisotopic (exact) mass is 425 g/mol. The zero-order valence-corrected chi connectivity index (χ0v) is 20.6. The molecule has 0 saturated carbocycles. The second-order valence-corrected chi connectivity index (χ2v) is 8.01. The van der Waals surface area contributed by atoms with E-state index in [1.54, 1.807) is 19.9 Å². The summed E-state index contributed by atoms with van der Waals surface area (Å²) in [7, 11) is -4.63. The fraction of sp³-hybridized carbons (Fsp3) is 0.700. The zero-order valence-electron chi connectivity index (χ0n) is 17.8. The third-order valence-corrected chi connectivity index (χ3v) is 5.44. The Hall–Kier alpha value is -0.150. The normalized spacial score (nSPS) is 11.9. The van der Waals surface area contributed by atoms with Crippen LogP contribution in [0.1, 0.15) is 64.9 Å². The van der Waals surface area contributed by atoms with Gasteiger partial charge in [0.25, 0.3) is 0 Å². The molecule has 0 aliphatic rings. The van der Waals surface area contributed by atoms with Crippen LogP contribution < -0.4 is 34.3 Å². The average molecular weight is 426 g/mol. The van der Waals surface area contributed by atoms with Gasteiger partial charge in [-0.05, 0) is 38.3 Å². The Kier molecular flexibility index (Phi) is 14.7. The van der Waals surface area contributed by atoms with Gasteiger partial charge in [-0.3, -0.25) is 4.55 Å². The van der Waals surface area contributed by atoms with Crippen LogP contribution in [0.25, 0.3) is 0 Å². The maximum Gasteiger partial charge on any atom is 1.00 e. The average Bonchev–Trinajstić information content (AvgIpc) is 2.63. The number of hydrogen-bond donors (Lipinski definition) is 1. The number of aryl methyl sites for hydroxylation is 1. The van der Waals surface area contributed by atoms with Gasteiger partial charge in [-0.2, -0.15) is 8.42 Å². The van der Waals surface area contributed by atoms with Crippen molar-refractivity contribution in [1.29, 1.82) is 0 Å². The molecule has 0 atom stereocenters. The third kappa shape index (κ3) is 9.11. The Bertz CT molecular complexity index is 629. The van der Waals surface area contributed by atoms with Crippen molar-refractivity contribution in [2.24, 2.45) is 0 Å². The first-order valence-corrected chi connectivity index (χ1v) is 11.3. The second kappa shape index (κ2) is 14.8. The molecule has 0 unspecified atom stereocenters. The molecule has 0 fully saturated rings. The number of hydrogen-bond acceptors (Lipinski definition) is 5. The molecular formula is C20H34NaO6S+. The summed E-state index contributed by atoms with van der Waals surface area (Å²) < 4.78 is 49.6. The minimum absolute atomic E-state index is 0.